The number of oxime groups is 1. The van der Waals surface area contributed by atoms with Crippen molar-refractivity contribution in [2.75, 3.05) is 0 Å². The third-order valence-corrected chi connectivity index (χ3v) is 4.06. The SMILES string of the molecule is Cc1ccc(C2=Nc3ncnn3[C@H](c3ccccc3)/C2=N/O)cc1. The lowest BCUT2D eigenvalue weighted by Crippen LogP contribution is -2.32. The second-order valence-corrected chi connectivity index (χ2v) is 5.63. The predicted molar refractivity (Wildman–Crippen MR) is 91.2 cm³/mol. The Morgan fingerprint density at radius 2 is 1.79 bits per heavy atom. The molecule has 6 heteroatoms. The van der Waals surface area contributed by atoms with Crippen molar-refractivity contribution in [3.63, 3.8) is 0 Å². The highest BCUT2D eigenvalue weighted by molar-refractivity contribution is 6.50. The molecule has 0 radical (unpaired) electrons. The number of rotatable bonds is 2. The van der Waals surface area contributed by atoms with Crippen molar-refractivity contribution in [3.8, 4) is 0 Å². The molecule has 0 saturated heterocycles. The van der Waals surface area contributed by atoms with E-state index in [1.165, 1.54) is 6.33 Å². The molecule has 0 aliphatic carbocycles. The molecular formula is C18H15N5O. The van der Waals surface area contributed by atoms with Crippen molar-refractivity contribution in [1.82, 2.24) is 14.8 Å². The van der Waals surface area contributed by atoms with Crippen LogP contribution in [-0.4, -0.2) is 31.4 Å². The van der Waals surface area contributed by atoms with Crippen LogP contribution in [0.2, 0.25) is 0 Å². The Kier molecular flexibility index (Phi) is 3.42. The Hall–Kier alpha value is -3.28. The van der Waals surface area contributed by atoms with Crippen LogP contribution in [0.1, 0.15) is 22.7 Å². The topological polar surface area (TPSA) is 75.7 Å². The van der Waals surface area contributed by atoms with Crippen LogP contribution in [0.3, 0.4) is 0 Å². The summed E-state index contributed by atoms with van der Waals surface area (Å²) in [4.78, 5) is 8.77. The zero-order valence-corrected chi connectivity index (χ0v) is 13.0. The highest BCUT2D eigenvalue weighted by atomic mass is 16.4. The van der Waals surface area contributed by atoms with E-state index in [-0.39, 0.29) is 6.04 Å². The first-order chi connectivity index (χ1) is 11.8. The summed E-state index contributed by atoms with van der Waals surface area (Å²) < 4.78 is 1.67. The normalized spacial score (nSPS) is 18.3. The molecule has 1 atom stereocenters. The maximum absolute atomic E-state index is 9.72. The van der Waals surface area contributed by atoms with Gasteiger partial charge in [-0.3, -0.25) is 0 Å². The van der Waals surface area contributed by atoms with Gasteiger partial charge >= 0.3 is 0 Å². The van der Waals surface area contributed by atoms with E-state index in [4.69, 9.17) is 0 Å². The predicted octanol–water partition coefficient (Wildman–Crippen LogP) is 3.14. The van der Waals surface area contributed by atoms with Crippen LogP contribution in [-0.2, 0) is 0 Å². The van der Waals surface area contributed by atoms with Crippen molar-refractivity contribution in [3.05, 3.63) is 77.6 Å². The molecule has 118 valence electrons. The third kappa shape index (κ3) is 2.28. The van der Waals surface area contributed by atoms with E-state index in [2.05, 4.69) is 20.2 Å². The van der Waals surface area contributed by atoms with Gasteiger partial charge in [-0.25, -0.2) is 9.67 Å². The first kappa shape index (κ1) is 14.3. The Balaban J connectivity index is 1.91. The molecule has 0 bridgehead atoms. The summed E-state index contributed by atoms with van der Waals surface area (Å²) in [6, 6.07) is 17.3. The van der Waals surface area contributed by atoms with E-state index in [1.807, 2.05) is 61.5 Å². The van der Waals surface area contributed by atoms with Gasteiger partial charge in [0.25, 0.3) is 0 Å². The Morgan fingerprint density at radius 1 is 1.04 bits per heavy atom. The molecule has 0 saturated carbocycles. The number of benzene rings is 2. The number of aliphatic imine (C=N–C) groups is 1. The standard InChI is InChI=1S/C18H15N5O/c1-12-7-9-13(10-8-12)15-16(22-24)17(14-5-3-2-4-6-14)23-18(21-15)19-11-20-23/h2-11,17,24H,1H3/b22-16+/t17-/m1/s1. The maximum Gasteiger partial charge on any atom is 0.249 e. The average Bonchev–Trinajstić information content (AvgIpc) is 3.09. The number of aryl methyl sites for hydroxylation is 1. The third-order valence-electron chi connectivity index (χ3n) is 4.06. The second kappa shape index (κ2) is 5.73. The molecule has 1 aliphatic heterocycles. The summed E-state index contributed by atoms with van der Waals surface area (Å²) >= 11 is 0. The van der Waals surface area contributed by atoms with Crippen LogP contribution in [0.5, 0.6) is 0 Å². The summed E-state index contributed by atoms with van der Waals surface area (Å²) in [6.45, 7) is 2.02. The van der Waals surface area contributed by atoms with Gasteiger partial charge < -0.3 is 5.21 Å². The molecule has 3 aromatic rings. The summed E-state index contributed by atoms with van der Waals surface area (Å²) in [5.74, 6) is 0.492. The average molecular weight is 317 g/mol. The zero-order valence-electron chi connectivity index (χ0n) is 13.0. The Labute approximate surface area is 138 Å². The molecule has 24 heavy (non-hydrogen) atoms. The summed E-state index contributed by atoms with van der Waals surface area (Å²) in [5.41, 5.74) is 4.04. The van der Waals surface area contributed by atoms with Crippen molar-refractivity contribution < 1.29 is 5.21 Å². The number of nitrogens with zero attached hydrogens (tertiary/aromatic N) is 5. The van der Waals surface area contributed by atoms with Crippen LogP contribution in [0.25, 0.3) is 0 Å². The van der Waals surface area contributed by atoms with E-state index in [1.54, 1.807) is 4.68 Å². The highest BCUT2D eigenvalue weighted by Crippen LogP contribution is 2.30. The zero-order chi connectivity index (χ0) is 16.5. The van der Waals surface area contributed by atoms with E-state index in [9.17, 15) is 5.21 Å². The Bertz CT molecular complexity index is 926. The minimum atomic E-state index is -0.373. The molecule has 0 fully saturated rings. The lowest BCUT2D eigenvalue weighted by Gasteiger charge is -2.24. The molecule has 1 aliphatic rings. The second-order valence-electron chi connectivity index (χ2n) is 5.63. The van der Waals surface area contributed by atoms with Crippen LogP contribution >= 0.6 is 0 Å². The molecule has 0 amide bonds. The molecule has 1 N–H and O–H groups in total. The van der Waals surface area contributed by atoms with E-state index < -0.39 is 0 Å². The van der Waals surface area contributed by atoms with Crippen molar-refractivity contribution in [2.45, 2.75) is 13.0 Å². The molecule has 6 nitrogen and oxygen atoms in total. The highest BCUT2D eigenvalue weighted by Gasteiger charge is 2.33. The number of hydrogen-bond donors (Lipinski definition) is 1. The van der Waals surface area contributed by atoms with Gasteiger partial charge in [-0.2, -0.15) is 10.1 Å². The van der Waals surface area contributed by atoms with Gasteiger partial charge in [0.15, 0.2) is 0 Å². The van der Waals surface area contributed by atoms with Gasteiger partial charge in [-0.1, -0.05) is 65.3 Å². The molecule has 1 aromatic heterocycles. The lowest BCUT2D eigenvalue weighted by atomic mass is 9.93. The largest absolute Gasteiger partial charge is 0.411 e. The van der Waals surface area contributed by atoms with Crippen LogP contribution in [0, 0.1) is 6.92 Å². The van der Waals surface area contributed by atoms with Gasteiger partial charge in [0.2, 0.25) is 5.95 Å². The van der Waals surface area contributed by atoms with Crippen molar-refractivity contribution in [2.24, 2.45) is 10.1 Å². The summed E-state index contributed by atoms with van der Waals surface area (Å²) in [5, 5.41) is 17.5. The number of aromatic nitrogens is 3. The number of fused-ring (bicyclic) bond motifs is 1. The Morgan fingerprint density at radius 3 is 2.50 bits per heavy atom. The molecule has 2 aromatic carbocycles. The van der Waals surface area contributed by atoms with E-state index in [0.717, 1.165) is 16.7 Å². The molecule has 4 rings (SSSR count). The fraction of sp³-hybridized carbons (Fsp3) is 0.111. The van der Waals surface area contributed by atoms with E-state index in [0.29, 0.717) is 17.4 Å². The first-order valence-corrected chi connectivity index (χ1v) is 7.60. The van der Waals surface area contributed by atoms with E-state index >= 15 is 0 Å². The number of hydrogen-bond acceptors (Lipinski definition) is 5. The molecule has 2 heterocycles. The summed E-state index contributed by atoms with van der Waals surface area (Å²) in [6.07, 6.45) is 1.46. The summed E-state index contributed by atoms with van der Waals surface area (Å²) in [7, 11) is 0. The molecule has 0 unspecified atom stereocenters. The van der Waals surface area contributed by atoms with Gasteiger partial charge in [0.1, 0.15) is 23.8 Å². The van der Waals surface area contributed by atoms with Gasteiger partial charge in [0, 0.05) is 5.56 Å². The minimum absolute atomic E-state index is 0.373. The molecule has 0 spiro atoms. The lowest BCUT2D eigenvalue weighted by molar-refractivity contribution is 0.316. The quantitative estimate of drug-likeness (QED) is 0.583. The monoisotopic (exact) mass is 317 g/mol. The van der Waals surface area contributed by atoms with Gasteiger partial charge in [-0.05, 0) is 12.5 Å². The fourth-order valence-electron chi connectivity index (χ4n) is 2.87. The van der Waals surface area contributed by atoms with Crippen molar-refractivity contribution in [1.29, 1.82) is 0 Å². The van der Waals surface area contributed by atoms with Crippen molar-refractivity contribution >= 4 is 17.4 Å². The minimum Gasteiger partial charge on any atom is -0.411 e. The van der Waals surface area contributed by atoms with Crippen LogP contribution in [0.4, 0.5) is 5.95 Å². The smallest absolute Gasteiger partial charge is 0.249 e. The van der Waals surface area contributed by atoms with Gasteiger partial charge in [-0.15, -0.1) is 0 Å². The maximum atomic E-state index is 9.72. The molecular weight excluding hydrogens is 302 g/mol. The van der Waals surface area contributed by atoms with Gasteiger partial charge in [0.05, 0.1) is 0 Å². The fourth-order valence-corrected chi connectivity index (χ4v) is 2.87. The van der Waals surface area contributed by atoms with Crippen LogP contribution in [0.15, 0.2) is 71.1 Å². The van der Waals surface area contributed by atoms with Crippen LogP contribution < -0.4 is 0 Å². The first-order valence-electron chi connectivity index (χ1n) is 7.60.